The van der Waals surface area contributed by atoms with Gasteiger partial charge in [-0.25, -0.2) is 0 Å². The van der Waals surface area contributed by atoms with Gasteiger partial charge in [-0.3, -0.25) is 14.4 Å². The topological polar surface area (TPSA) is 92.5 Å². The first kappa shape index (κ1) is 18.3. The minimum absolute atomic E-state index is 0.0601. The first-order valence-electron chi connectivity index (χ1n) is 8.65. The first-order chi connectivity index (χ1) is 12.5. The second kappa shape index (κ2) is 8.27. The number of aromatic nitrogens is 1. The summed E-state index contributed by atoms with van der Waals surface area (Å²) in [4.78, 5) is 39.2. The molecule has 8 heteroatoms. The summed E-state index contributed by atoms with van der Waals surface area (Å²) in [5.74, 6) is 0.685. The van der Waals surface area contributed by atoms with Gasteiger partial charge in [-0.2, -0.15) is 0 Å². The van der Waals surface area contributed by atoms with Crippen molar-refractivity contribution in [1.82, 2.24) is 10.1 Å². The molecule has 1 fully saturated rings. The third-order valence-corrected chi connectivity index (χ3v) is 5.26. The SMILES string of the molecule is Cc1cc(NC(=O)[C@@H]2CCCN2C(=O)CCCC(=O)c2cccs2)no1. The molecule has 2 aromatic rings. The molecule has 0 spiro atoms. The zero-order chi connectivity index (χ0) is 18.5. The Morgan fingerprint density at radius 1 is 1.38 bits per heavy atom. The molecule has 138 valence electrons. The molecule has 2 amide bonds. The fourth-order valence-electron chi connectivity index (χ4n) is 3.08. The lowest BCUT2D eigenvalue weighted by Gasteiger charge is -2.23. The van der Waals surface area contributed by atoms with Crippen LogP contribution >= 0.6 is 11.3 Å². The second-order valence-corrected chi connectivity index (χ2v) is 7.26. The van der Waals surface area contributed by atoms with Gasteiger partial charge in [0.25, 0.3) is 0 Å². The summed E-state index contributed by atoms with van der Waals surface area (Å²) in [5, 5.41) is 8.30. The van der Waals surface area contributed by atoms with Gasteiger partial charge in [0, 0.05) is 25.5 Å². The van der Waals surface area contributed by atoms with E-state index in [1.807, 2.05) is 11.4 Å². The Balaban J connectivity index is 1.49. The molecule has 0 saturated carbocycles. The van der Waals surface area contributed by atoms with Gasteiger partial charge >= 0.3 is 0 Å². The van der Waals surface area contributed by atoms with E-state index in [0.717, 1.165) is 11.3 Å². The van der Waals surface area contributed by atoms with E-state index in [-0.39, 0.29) is 24.0 Å². The van der Waals surface area contributed by atoms with Crippen LogP contribution in [0.2, 0.25) is 0 Å². The Morgan fingerprint density at radius 3 is 2.92 bits per heavy atom. The van der Waals surface area contributed by atoms with E-state index >= 15 is 0 Å². The van der Waals surface area contributed by atoms with Gasteiger partial charge in [0.15, 0.2) is 11.6 Å². The van der Waals surface area contributed by atoms with Crippen molar-refractivity contribution in [3.8, 4) is 0 Å². The molecule has 1 atom stereocenters. The van der Waals surface area contributed by atoms with E-state index in [4.69, 9.17) is 4.52 Å². The molecule has 3 rings (SSSR count). The predicted octanol–water partition coefficient (Wildman–Crippen LogP) is 3.03. The maximum absolute atomic E-state index is 12.5. The van der Waals surface area contributed by atoms with Crippen LogP contribution in [0.25, 0.3) is 0 Å². The highest BCUT2D eigenvalue weighted by atomic mass is 32.1. The molecule has 1 aliphatic heterocycles. The molecule has 0 bridgehead atoms. The van der Waals surface area contributed by atoms with Crippen LogP contribution in [0.3, 0.4) is 0 Å². The van der Waals surface area contributed by atoms with Crippen LogP contribution in [0, 0.1) is 6.92 Å². The van der Waals surface area contributed by atoms with Crippen LogP contribution in [0.5, 0.6) is 0 Å². The van der Waals surface area contributed by atoms with Crippen molar-refractivity contribution < 1.29 is 18.9 Å². The van der Waals surface area contributed by atoms with Crippen LogP contribution in [0.15, 0.2) is 28.1 Å². The zero-order valence-corrected chi connectivity index (χ0v) is 15.4. The van der Waals surface area contributed by atoms with Gasteiger partial charge in [-0.15, -0.1) is 11.3 Å². The van der Waals surface area contributed by atoms with Crippen molar-refractivity contribution in [3.05, 3.63) is 34.2 Å². The van der Waals surface area contributed by atoms with E-state index in [9.17, 15) is 14.4 Å². The normalized spacial score (nSPS) is 16.7. The maximum atomic E-state index is 12.5. The summed E-state index contributed by atoms with van der Waals surface area (Å²) in [6.45, 7) is 2.30. The molecule has 0 aliphatic carbocycles. The lowest BCUT2D eigenvalue weighted by molar-refractivity contribution is -0.136. The average molecular weight is 375 g/mol. The van der Waals surface area contributed by atoms with Gasteiger partial charge in [-0.05, 0) is 37.6 Å². The molecule has 0 aromatic carbocycles. The number of thiophene rings is 1. The predicted molar refractivity (Wildman–Crippen MR) is 97.1 cm³/mol. The Kier molecular flexibility index (Phi) is 5.82. The first-order valence-corrected chi connectivity index (χ1v) is 9.53. The summed E-state index contributed by atoms with van der Waals surface area (Å²) in [7, 11) is 0. The molecule has 1 saturated heterocycles. The molecule has 1 N–H and O–H groups in total. The number of Topliss-reactive ketones (excluding diaryl/α,β-unsaturated/α-hetero) is 1. The standard InChI is InChI=1S/C18H21N3O4S/c1-12-11-16(20-25-12)19-18(24)13-5-3-9-21(13)17(23)8-2-6-14(22)15-7-4-10-26-15/h4,7,10-11,13H,2-3,5-6,8-9H2,1H3,(H,19,20,24)/t13-/m0/s1. The molecule has 0 unspecified atom stereocenters. The highest BCUT2D eigenvalue weighted by Crippen LogP contribution is 2.21. The number of nitrogens with one attached hydrogen (secondary N) is 1. The Bertz CT molecular complexity index is 784. The number of rotatable bonds is 7. The quantitative estimate of drug-likeness (QED) is 0.751. The number of hydrogen-bond acceptors (Lipinski definition) is 6. The van der Waals surface area contributed by atoms with Crippen LogP contribution in [-0.2, 0) is 9.59 Å². The van der Waals surface area contributed by atoms with E-state index in [0.29, 0.717) is 37.4 Å². The summed E-state index contributed by atoms with van der Waals surface area (Å²) in [5.41, 5.74) is 0. The van der Waals surface area contributed by atoms with E-state index in [2.05, 4.69) is 10.5 Å². The number of hydrogen-bond donors (Lipinski definition) is 1. The smallest absolute Gasteiger partial charge is 0.248 e. The minimum Gasteiger partial charge on any atom is -0.360 e. The van der Waals surface area contributed by atoms with E-state index < -0.39 is 6.04 Å². The van der Waals surface area contributed by atoms with Crippen molar-refractivity contribution in [2.24, 2.45) is 0 Å². The van der Waals surface area contributed by atoms with E-state index in [1.54, 1.807) is 24.0 Å². The molecule has 2 aromatic heterocycles. The monoisotopic (exact) mass is 375 g/mol. The van der Waals surface area contributed by atoms with E-state index in [1.165, 1.54) is 11.3 Å². The number of nitrogens with zero attached hydrogens (tertiary/aromatic N) is 2. The maximum Gasteiger partial charge on any atom is 0.248 e. The van der Waals surface area contributed by atoms with Gasteiger partial charge in [0.2, 0.25) is 11.8 Å². The van der Waals surface area contributed by atoms with Crippen LogP contribution in [0.1, 0.15) is 47.5 Å². The lowest BCUT2D eigenvalue weighted by atomic mass is 10.1. The summed E-state index contributed by atoms with van der Waals surface area (Å²) >= 11 is 1.41. The minimum atomic E-state index is -0.493. The third kappa shape index (κ3) is 4.37. The van der Waals surface area contributed by atoms with Gasteiger partial charge in [-0.1, -0.05) is 11.2 Å². The Morgan fingerprint density at radius 2 is 2.23 bits per heavy atom. The van der Waals surface area contributed by atoms with Crippen molar-refractivity contribution in [2.75, 3.05) is 11.9 Å². The second-order valence-electron chi connectivity index (χ2n) is 6.31. The van der Waals surface area contributed by atoms with Crippen molar-refractivity contribution in [1.29, 1.82) is 0 Å². The number of carbonyl (C=O) groups is 3. The number of amides is 2. The molecule has 26 heavy (non-hydrogen) atoms. The highest BCUT2D eigenvalue weighted by molar-refractivity contribution is 7.12. The molecule has 0 radical (unpaired) electrons. The highest BCUT2D eigenvalue weighted by Gasteiger charge is 2.34. The number of carbonyl (C=O) groups excluding carboxylic acids is 3. The summed E-state index contributed by atoms with van der Waals surface area (Å²) < 4.78 is 4.93. The fraction of sp³-hybridized carbons (Fsp3) is 0.444. The van der Waals surface area contributed by atoms with Crippen molar-refractivity contribution in [3.63, 3.8) is 0 Å². The molecular weight excluding hydrogens is 354 g/mol. The van der Waals surface area contributed by atoms with Crippen LogP contribution in [0.4, 0.5) is 5.82 Å². The number of aryl methyl sites for hydroxylation is 1. The third-order valence-electron chi connectivity index (χ3n) is 4.35. The Labute approximate surface area is 155 Å². The Hall–Kier alpha value is -2.48. The fourth-order valence-corrected chi connectivity index (χ4v) is 3.77. The lowest BCUT2D eigenvalue weighted by Crippen LogP contribution is -2.43. The van der Waals surface area contributed by atoms with Gasteiger partial charge < -0.3 is 14.7 Å². The van der Waals surface area contributed by atoms with Crippen molar-refractivity contribution >= 4 is 34.8 Å². The van der Waals surface area contributed by atoms with Gasteiger partial charge in [0.05, 0.1) is 4.88 Å². The van der Waals surface area contributed by atoms with Gasteiger partial charge in [0.1, 0.15) is 11.8 Å². The van der Waals surface area contributed by atoms with Crippen molar-refractivity contribution in [2.45, 2.75) is 45.1 Å². The molecule has 7 nitrogen and oxygen atoms in total. The number of anilines is 1. The molecule has 1 aliphatic rings. The van der Waals surface area contributed by atoms with Crippen LogP contribution < -0.4 is 5.32 Å². The summed E-state index contributed by atoms with van der Waals surface area (Å²) in [6, 6.07) is 4.77. The number of likely N-dealkylation sites (tertiary alicyclic amines) is 1. The zero-order valence-electron chi connectivity index (χ0n) is 14.6. The number of ketones is 1. The largest absolute Gasteiger partial charge is 0.360 e. The molecular formula is C18H21N3O4S. The van der Waals surface area contributed by atoms with Crippen LogP contribution in [-0.4, -0.2) is 40.2 Å². The summed E-state index contributed by atoms with van der Waals surface area (Å²) in [6.07, 6.45) is 2.51. The molecule has 3 heterocycles. The average Bonchev–Trinajstić information content (AvgIpc) is 3.36.